The number of hydrogen-bond donors (Lipinski definition) is 2. The quantitative estimate of drug-likeness (QED) is 0.748. The molecule has 0 spiro atoms. The molecule has 1 aromatic carbocycles. The monoisotopic (exact) mass is 394 g/mol. The van der Waals surface area contributed by atoms with Crippen LogP contribution < -0.4 is 5.32 Å². The Morgan fingerprint density at radius 2 is 1.96 bits per heavy atom. The molecule has 0 aromatic heterocycles. The van der Waals surface area contributed by atoms with Crippen molar-refractivity contribution in [3.05, 3.63) is 35.4 Å². The van der Waals surface area contributed by atoms with Crippen LogP contribution in [0.25, 0.3) is 0 Å². The van der Waals surface area contributed by atoms with E-state index in [1.54, 1.807) is 6.92 Å². The molecule has 0 saturated carbocycles. The molecule has 10 heteroatoms. The van der Waals surface area contributed by atoms with E-state index < -0.39 is 60.8 Å². The summed E-state index contributed by atoms with van der Waals surface area (Å²) in [6.45, 7) is 0.365. The van der Waals surface area contributed by atoms with Gasteiger partial charge in [-0.1, -0.05) is 19.4 Å². The van der Waals surface area contributed by atoms with Crippen LogP contribution in [0.5, 0.6) is 0 Å². The van der Waals surface area contributed by atoms with Gasteiger partial charge < -0.3 is 15.3 Å². The Labute approximate surface area is 152 Å². The van der Waals surface area contributed by atoms with Crippen molar-refractivity contribution >= 4 is 12.0 Å². The summed E-state index contributed by atoms with van der Waals surface area (Å²) in [7, 11) is 0. The lowest BCUT2D eigenvalue weighted by Gasteiger charge is -2.24. The summed E-state index contributed by atoms with van der Waals surface area (Å²) in [6, 6.07) is 1.03. The lowest BCUT2D eigenvalue weighted by atomic mass is 9.96. The molecule has 1 fully saturated rings. The van der Waals surface area contributed by atoms with Crippen molar-refractivity contribution in [2.75, 3.05) is 13.1 Å². The highest BCUT2D eigenvalue weighted by Crippen LogP contribution is 2.38. The second-order valence-corrected chi connectivity index (χ2v) is 6.45. The van der Waals surface area contributed by atoms with Gasteiger partial charge >= 0.3 is 18.2 Å². The van der Waals surface area contributed by atoms with Crippen molar-refractivity contribution in [3.8, 4) is 0 Å². The second-order valence-electron chi connectivity index (χ2n) is 6.45. The number of carboxylic acid groups (broad SMARTS) is 1. The van der Waals surface area contributed by atoms with Crippen molar-refractivity contribution < 1.29 is 36.6 Å². The number of likely N-dealkylation sites (tertiary alicyclic amines) is 1. The minimum atomic E-state index is -4.76. The number of carbonyl (C=O) groups is 2. The van der Waals surface area contributed by atoms with Crippen LogP contribution in [0.15, 0.2) is 18.2 Å². The molecule has 5 nitrogen and oxygen atoms in total. The predicted molar refractivity (Wildman–Crippen MR) is 84.8 cm³/mol. The molecule has 2 N–H and O–H groups in total. The van der Waals surface area contributed by atoms with Gasteiger partial charge in [-0.3, -0.25) is 4.79 Å². The number of urea groups is 1. The maximum Gasteiger partial charge on any atom is 0.394 e. The lowest BCUT2D eigenvalue weighted by Crippen LogP contribution is -2.41. The predicted octanol–water partition coefficient (Wildman–Crippen LogP) is 3.71. The zero-order valence-corrected chi connectivity index (χ0v) is 14.4. The zero-order chi connectivity index (χ0) is 20.4. The van der Waals surface area contributed by atoms with Crippen LogP contribution >= 0.6 is 0 Å². The lowest BCUT2D eigenvalue weighted by molar-refractivity contribution is -0.187. The topological polar surface area (TPSA) is 69.6 Å². The number of benzene rings is 1. The van der Waals surface area contributed by atoms with Gasteiger partial charge in [0.25, 0.3) is 0 Å². The Morgan fingerprint density at radius 3 is 2.44 bits per heavy atom. The summed E-state index contributed by atoms with van der Waals surface area (Å²) < 4.78 is 66.2. The molecule has 1 aliphatic heterocycles. The van der Waals surface area contributed by atoms with Crippen LogP contribution in [-0.2, 0) is 4.79 Å². The largest absolute Gasteiger partial charge is 0.481 e. The Hall–Kier alpha value is -2.39. The molecule has 2 amide bonds. The van der Waals surface area contributed by atoms with Crippen molar-refractivity contribution in [1.29, 1.82) is 0 Å². The van der Waals surface area contributed by atoms with Gasteiger partial charge in [-0.2, -0.15) is 13.2 Å². The number of nitrogens with zero attached hydrogens (tertiary/aromatic N) is 1. The fourth-order valence-corrected chi connectivity index (χ4v) is 3.17. The summed E-state index contributed by atoms with van der Waals surface area (Å²) in [5.41, 5.74) is 0.00736. The Bertz CT molecular complexity index is 710. The third-order valence-electron chi connectivity index (χ3n) is 4.56. The smallest absolute Gasteiger partial charge is 0.394 e. The van der Waals surface area contributed by atoms with E-state index in [2.05, 4.69) is 5.32 Å². The van der Waals surface area contributed by atoms with E-state index in [4.69, 9.17) is 5.11 Å². The normalized spacial score (nSPS) is 21.2. The highest BCUT2D eigenvalue weighted by atomic mass is 19.4. The average Bonchev–Trinajstić information content (AvgIpc) is 3.00. The third-order valence-corrected chi connectivity index (χ3v) is 4.56. The van der Waals surface area contributed by atoms with E-state index in [0.717, 1.165) is 17.0 Å². The van der Waals surface area contributed by atoms with Gasteiger partial charge in [0.2, 0.25) is 0 Å². The molecular formula is C17H19F5N2O3. The fraction of sp³-hybridized carbons (Fsp3) is 0.529. The molecule has 150 valence electrons. The van der Waals surface area contributed by atoms with Crippen molar-refractivity contribution in [1.82, 2.24) is 10.2 Å². The van der Waals surface area contributed by atoms with Gasteiger partial charge in [-0.15, -0.1) is 0 Å². The van der Waals surface area contributed by atoms with Gasteiger partial charge in [-0.25, -0.2) is 13.6 Å². The van der Waals surface area contributed by atoms with Gasteiger partial charge in [0.1, 0.15) is 11.6 Å². The molecule has 1 aliphatic rings. The Balaban J connectivity index is 2.17. The molecule has 3 atom stereocenters. The number of alkyl halides is 3. The molecule has 0 aliphatic carbocycles. The molecule has 1 unspecified atom stereocenters. The maximum absolute atomic E-state index is 14.0. The summed E-state index contributed by atoms with van der Waals surface area (Å²) in [5.74, 6) is -7.25. The number of hydrogen-bond acceptors (Lipinski definition) is 2. The number of aliphatic carboxylic acids is 1. The number of amides is 2. The zero-order valence-electron chi connectivity index (χ0n) is 14.4. The number of rotatable bonds is 5. The Kier molecular flexibility index (Phi) is 6.27. The van der Waals surface area contributed by atoms with Crippen LogP contribution in [0.2, 0.25) is 0 Å². The first kappa shape index (κ1) is 20.9. The van der Waals surface area contributed by atoms with E-state index in [1.807, 2.05) is 0 Å². The summed E-state index contributed by atoms with van der Waals surface area (Å²) in [4.78, 5) is 24.3. The van der Waals surface area contributed by atoms with Crippen molar-refractivity contribution in [3.63, 3.8) is 0 Å². The van der Waals surface area contributed by atoms with E-state index in [0.29, 0.717) is 12.5 Å². The maximum atomic E-state index is 14.0. The molecule has 2 rings (SSSR count). The molecule has 1 heterocycles. The van der Waals surface area contributed by atoms with Crippen LogP contribution in [0, 0.1) is 23.5 Å². The highest BCUT2D eigenvalue weighted by molar-refractivity contribution is 5.78. The van der Waals surface area contributed by atoms with Crippen molar-refractivity contribution in [2.45, 2.75) is 32.0 Å². The second kappa shape index (κ2) is 8.10. The Morgan fingerprint density at radius 1 is 1.30 bits per heavy atom. The third kappa shape index (κ3) is 4.86. The standard InChI is InChI=1S/C17H19F5N2O3/c1-2-3-14(10-5-4-9(18)6-13(10)19)23-16(27)24-7-11(15(25)26)12(8-24)17(20,21)22/h4-6,11-12,14H,2-3,7-8H2,1H3,(H,23,27)(H,25,26)/t11-,12-,14?/m1/s1. The molecule has 0 bridgehead atoms. The van der Waals surface area contributed by atoms with Crippen molar-refractivity contribution in [2.24, 2.45) is 11.8 Å². The van der Waals surface area contributed by atoms with E-state index in [1.165, 1.54) is 0 Å². The van der Waals surface area contributed by atoms with Gasteiger partial charge in [0.05, 0.1) is 17.9 Å². The SMILES string of the molecule is CCCC(NC(=O)N1C[C@@H](C(F)(F)F)[C@H](C(=O)O)C1)c1ccc(F)cc1F. The van der Waals surface area contributed by atoms with Crippen LogP contribution in [-0.4, -0.2) is 41.3 Å². The first-order valence-corrected chi connectivity index (χ1v) is 8.34. The van der Waals surface area contributed by atoms with Gasteiger partial charge in [-0.05, 0) is 12.5 Å². The van der Waals surface area contributed by atoms with Gasteiger partial charge in [0.15, 0.2) is 0 Å². The van der Waals surface area contributed by atoms with E-state index >= 15 is 0 Å². The van der Waals surface area contributed by atoms with Crippen LogP contribution in [0.1, 0.15) is 31.4 Å². The summed E-state index contributed by atoms with van der Waals surface area (Å²) >= 11 is 0. The fourth-order valence-electron chi connectivity index (χ4n) is 3.17. The first-order valence-electron chi connectivity index (χ1n) is 8.34. The minimum Gasteiger partial charge on any atom is -0.481 e. The highest BCUT2D eigenvalue weighted by Gasteiger charge is 2.53. The molecule has 1 saturated heterocycles. The molecule has 27 heavy (non-hydrogen) atoms. The average molecular weight is 394 g/mol. The van der Waals surface area contributed by atoms with Crippen LogP contribution in [0.3, 0.4) is 0 Å². The number of halogens is 5. The summed E-state index contributed by atoms with van der Waals surface area (Å²) in [5, 5.41) is 11.4. The van der Waals surface area contributed by atoms with E-state index in [9.17, 15) is 31.5 Å². The molecular weight excluding hydrogens is 375 g/mol. The number of carbonyl (C=O) groups excluding carboxylic acids is 1. The minimum absolute atomic E-state index is 0.00736. The van der Waals surface area contributed by atoms with E-state index in [-0.39, 0.29) is 12.0 Å². The molecule has 0 radical (unpaired) electrons. The summed E-state index contributed by atoms with van der Waals surface area (Å²) in [6.07, 6.45) is -3.97. The number of nitrogens with one attached hydrogen (secondary N) is 1. The van der Waals surface area contributed by atoms with Crippen LogP contribution in [0.4, 0.5) is 26.7 Å². The molecule has 1 aromatic rings. The van der Waals surface area contributed by atoms with Gasteiger partial charge in [0, 0.05) is 24.7 Å². The first-order chi connectivity index (χ1) is 12.5. The number of carboxylic acids is 1.